The molecule has 2 rings (SSSR count). The first-order valence-corrected chi connectivity index (χ1v) is 7.93. The number of para-hydroxylation sites is 1. The smallest absolute Gasteiger partial charge is 0.227 e. The van der Waals surface area contributed by atoms with Crippen molar-refractivity contribution in [2.24, 2.45) is 5.73 Å². The molecule has 2 aromatic rings. The monoisotopic (exact) mass is 304 g/mol. The molecule has 0 spiro atoms. The molecule has 1 aromatic heterocycles. The van der Waals surface area contributed by atoms with Crippen molar-refractivity contribution in [2.45, 2.75) is 31.3 Å². The summed E-state index contributed by atoms with van der Waals surface area (Å²) in [5.74, 6) is 0.975. The van der Waals surface area contributed by atoms with E-state index in [9.17, 15) is 4.79 Å². The highest BCUT2D eigenvalue weighted by molar-refractivity contribution is 8.00. The molecule has 3 N–H and O–H groups in total. The van der Waals surface area contributed by atoms with E-state index in [2.05, 4.69) is 21.8 Å². The molecular weight excluding hydrogens is 284 g/mol. The first kappa shape index (κ1) is 15.4. The summed E-state index contributed by atoms with van der Waals surface area (Å²) < 4.78 is 2.15. The van der Waals surface area contributed by atoms with Crippen LogP contribution in [0.2, 0.25) is 0 Å². The summed E-state index contributed by atoms with van der Waals surface area (Å²) in [6, 6.07) is 7.90. The summed E-state index contributed by atoms with van der Waals surface area (Å²) in [4.78, 5) is 16.3. The van der Waals surface area contributed by atoms with Crippen LogP contribution in [0.5, 0.6) is 0 Å². The van der Waals surface area contributed by atoms with Crippen molar-refractivity contribution in [1.82, 2.24) is 9.55 Å². The topological polar surface area (TPSA) is 72.9 Å². The van der Waals surface area contributed by atoms with Crippen molar-refractivity contribution >= 4 is 23.4 Å². The van der Waals surface area contributed by atoms with Gasteiger partial charge in [-0.15, -0.1) is 11.8 Å². The van der Waals surface area contributed by atoms with Gasteiger partial charge in [-0.2, -0.15) is 0 Å². The molecule has 1 heterocycles. The third-order valence-corrected chi connectivity index (χ3v) is 4.06. The minimum Gasteiger partial charge on any atom is -0.377 e. The summed E-state index contributed by atoms with van der Waals surface area (Å²) in [6.07, 6.45) is 4.89. The lowest BCUT2D eigenvalue weighted by Crippen LogP contribution is -2.13. The fourth-order valence-electron chi connectivity index (χ4n) is 2.01. The molecule has 0 bridgehead atoms. The van der Waals surface area contributed by atoms with E-state index in [0.29, 0.717) is 6.54 Å². The van der Waals surface area contributed by atoms with Gasteiger partial charge in [-0.1, -0.05) is 19.1 Å². The number of anilines is 1. The maximum absolute atomic E-state index is 10.9. The fraction of sp³-hybridized carbons (Fsp3) is 0.333. The number of hydrogen-bond donors (Lipinski definition) is 2. The standard InChI is InChI=1S/C15H20N4OS/c1-2-8-19-9-7-17-15(19)10-18-12-5-3-4-6-13(12)21-11-14(16)20/h3-7,9,18H,2,8,10-11H2,1H3,(H2,16,20). The van der Waals surface area contributed by atoms with E-state index in [1.165, 1.54) is 11.8 Å². The van der Waals surface area contributed by atoms with E-state index >= 15 is 0 Å². The molecule has 0 unspecified atom stereocenters. The number of thioether (sulfide) groups is 1. The van der Waals surface area contributed by atoms with Gasteiger partial charge in [-0.25, -0.2) is 4.98 Å². The van der Waals surface area contributed by atoms with Gasteiger partial charge in [0.15, 0.2) is 0 Å². The first-order valence-electron chi connectivity index (χ1n) is 6.94. The Morgan fingerprint density at radius 2 is 2.24 bits per heavy atom. The lowest BCUT2D eigenvalue weighted by atomic mass is 10.3. The van der Waals surface area contributed by atoms with Gasteiger partial charge in [-0.3, -0.25) is 4.79 Å². The molecule has 1 aromatic carbocycles. The van der Waals surface area contributed by atoms with Crippen molar-refractivity contribution < 1.29 is 4.79 Å². The number of imidazole rings is 1. The normalized spacial score (nSPS) is 10.5. The molecule has 0 atom stereocenters. The van der Waals surface area contributed by atoms with Gasteiger partial charge in [-0.05, 0) is 18.6 Å². The zero-order valence-corrected chi connectivity index (χ0v) is 12.9. The number of amides is 1. The molecule has 0 aliphatic rings. The number of carbonyl (C=O) groups excluding carboxylic acids is 1. The molecule has 0 saturated carbocycles. The Bertz CT molecular complexity index is 597. The number of aryl methyl sites for hydroxylation is 1. The number of benzene rings is 1. The van der Waals surface area contributed by atoms with E-state index in [1.54, 1.807) is 0 Å². The van der Waals surface area contributed by atoms with Gasteiger partial charge in [0.2, 0.25) is 5.91 Å². The van der Waals surface area contributed by atoms with Crippen molar-refractivity contribution in [3.8, 4) is 0 Å². The van der Waals surface area contributed by atoms with E-state index in [0.717, 1.165) is 29.4 Å². The van der Waals surface area contributed by atoms with E-state index < -0.39 is 0 Å². The second-order valence-corrected chi connectivity index (χ2v) is 5.66. The quantitative estimate of drug-likeness (QED) is 0.735. The van der Waals surface area contributed by atoms with Gasteiger partial charge in [0.25, 0.3) is 0 Å². The molecule has 0 aliphatic heterocycles. The predicted molar refractivity (Wildman–Crippen MR) is 86.2 cm³/mol. The number of nitrogens with zero attached hydrogens (tertiary/aromatic N) is 2. The molecule has 21 heavy (non-hydrogen) atoms. The Morgan fingerprint density at radius 3 is 3.00 bits per heavy atom. The average Bonchev–Trinajstić information content (AvgIpc) is 2.91. The number of nitrogens with one attached hydrogen (secondary N) is 1. The van der Waals surface area contributed by atoms with Gasteiger partial charge >= 0.3 is 0 Å². The van der Waals surface area contributed by atoms with Crippen LogP contribution in [0.1, 0.15) is 19.2 Å². The second kappa shape index (κ2) is 7.73. The van der Waals surface area contributed by atoms with E-state index in [-0.39, 0.29) is 11.7 Å². The minimum absolute atomic E-state index is 0.281. The zero-order valence-electron chi connectivity index (χ0n) is 12.1. The second-order valence-electron chi connectivity index (χ2n) is 4.64. The molecule has 112 valence electrons. The first-order chi connectivity index (χ1) is 10.2. The molecule has 0 aliphatic carbocycles. The highest BCUT2D eigenvalue weighted by Gasteiger charge is 2.06. The largest absolute Gasteiger partial charge is 0.377 e. The van der Waals surface area contributed by atoms with E-state index in [1.807, 2.05) is 36.7 Å². The minimum atomic E-state index is -0.312. The summed E-state index contributed by atoms with van der Waals surface area (Å²) in [7, 11) is 0. The Morgan fingerprint density at radius 1 is 1.43 bits per heavy atom. The average molecular weight is 304 g/mol. The molecule has 0 radical (unpaired) electrons. The van der Waals surface area contributed by atoms with Gasteiger partial charge in [0, 0.05) is 29.5 Å². The Hall–Kier alpha value is -1.95. The summed E-state index contributed by atoms with van der Waals surface area (Å²) in [5.41, 5.74) is 6.20. The highest BCUT2D eigenvalue weighted by Crippen LogP contribution is 2.26. The predicted octanol–water partition coefficient (Wildman–Crippen LogP) is 2.48. The SMILES string of the molecule is CCCn1ccnc1CNc1ccccc1SCC(N)=O. The summed E-state index contributed by atoms with van der Waals surface area (Å²) in [6.45, 7) is 3.77. The number of aromatic nitrogens is 2. The lowest BCUT2D eigenvalue weighted by molar-refractivity contribution is -0.115. The zero-order chi connectivity index (χ0) is 15.1. The third-order valence-electron chi connectivity index (χ3n) is 2.96. The maximum Gasteiger partial charge on any atom is 0.227 e. The number of carbonyl (C=O) groups is 1. The van der Waals surface area contributed by atoms with E-state index in [4.69, 9.17) is 5.73 Å². The molecule has 5 nitrogen and oxygen atoms in total. The molecule has 6 heteroatoms. The van der Waals surface area contributed by atoms with Crippen molar-refractivity contribution in [3.05, 3.63) is 42.5 Å². The summed E-state index contributed by atoms with van der Waals surface area (Å²) in [5, 5.41) is 3.38. The summed E-state index contributed by atoms with van der Waals surface area (Å²) >= 11 is 1.44. The van der Waals surface area contributed by atoms with Gasteiger partial charge in [0.05, 0.1) is 12.3 Å². The van der Waals surface area contributed by atoms with Crippen LogP contribution < -0.4 is 11.1 Å². The number of nitrogens with two attached hydrogens (primary N) is 1. The highest BCUT2D eigenvalue weighted by atomic mass is 32.2. The van der Waals surface area contributed by atoms with Crippen LogP contribution in [0.15, 0.2) is 41.6 Å². The molecule has 0 saturated heterocycles. The molecular formula is C15H20N4OS. The Kier molecular flexibility index (Phi) is 5.68. The van der Waals surface area contributed by atoms with Crippen molar-refractivity contribution in [3.63, 3.8) is 0 Å². The van der Waals surface area contributed by atoms with Gasteiger partial charge in [0.1, 0.15) is 5.82 Å². The van der Waals surface area contributed by atoms with Gasteiger partial charge < -0.3 is 15.6 Å². The number of primary amides is 1. The van der Waals surface area contributed by atoms with Crippen LogP contribution in [0.3, 0.4) is 0 Å². The lowest BCUT2D eigenvalue weighted by Gasteiger charge is -2.12. The van der Waals surface area contributed by atoms with Crippen LogP contribution in [0.4, 0.5) is 5.69 Å². The molecule has 1 amide bonds. The Labute approximate surface area is 128 Å². The maximum atomic E-state index is 10.9. The number of hydrogen-bond acceptors (Lipinski definition) is 4. The van der Waals surface area contributed by atoms with Crippen molar-refractivity contribution in [2.75, 3.05) is 11.1 Å². The van der Waals surface area contributed by atoms with Crippen LogP contribution in [0, 0.1) is 0 Å². The van der Waals surface area contributed by atoms with Crippen LogP contribution in [0.25, 0.3) is 0 Å². The van der Waals surface area contributed by atoms with Crippen LogP contribution >= 0.6 is 11.8 Å². The molecule has 0 fully saturated rings. The van der Waals surface area contributed by atoms with Crippen molar-refractivity contribution in [1.29, 1.82) is 0 Å². The van der Waals surface area contributed by atoms with Crippen LogP contribution in [-0.4, -0.2) is 21.2 Å². The number of rotatable bonds is 8. The Balaban J connectivity index is 2.02. The third kappa shape index (κ3) is 4.53. The van der Waals surface area contributed by atoms with Crippen LogP contribution in [-0.2, 0) is 17.9 Å². The fourth-order valence-corrected chi connectivity index (χ4v) is 2.78.